The molecule has 2 rings (SSSR count). The van der Waals surface area contributed by atoms with Gasteiger partial charge in [-0.3, -0.25) is 9.59 Å². The van der Waals surface area contributed by atoms with Gasteiger partial charge in [0, 0.05) is 11.4 Å². The van der Waals surface area contributed by atoms with Crippen LogP contribution in [0.15, 0.2) is 4.79 Å². The average Bonchev–Trinajstić information content (AvgIpc) is 2.90. The van der Waals surface area contributed by atoms with E-state index in [1.165, 1.54) is 16.6 Å². The molecule has 0 unspecified atom stereocenters. The van der Waals surface area contributed by atoms with Crippen LogP contribution in [-0.2, 0) is 17.0 Å². The third kappa shape index (κ3) is 6.35. The Balaban J connectivity index is 2.00. The third-order valence-corrected chi connectivity index (χ3v) is 6.66. The van der Waals surface area contributed by atoms with E-state index in [9.17, 15) is 9.59 Å². The van der Waals surface area contributed by atoms with Crippen LogP contribution in [0.25, 0.3) is 10.2 Å². The van der Waals surface area contributed by atoms with Gasteiger partial charge in [-0.25, -0.2) is 4.98 Å². The maximum absolute atomic E-state index is 12.6. The molecule has 2 N–H and O–H groups in total. The number of nitrogens with one attached hydrogen (secondary N) is 2. The summed E-state index contributed by atoms with van der Waals surface area (Å²) in [5.41, 5.74) is 1.08. The molecule has 5 nitrogen and oxygen atoms in total. The van der Waals surface area contributed by atoms with Gasteiger partial charge in [0.05, 0.1) is 16.9 Å². The van der Waals surface area contributed by atoms with Crippen LogP contribution in [0.1, 0.15) is 56.8 Å². The van der Waals surface area contributed by atoms with Crippen LogP contribution in [0.3, 0.4) is 0 Å². The van der Waals surface area contributed by atoms with E-state index >= 15 is 0 Å². The van der Waals surface area contributed by atoms with E-state index in [1.54, 1.807) is 11.3 Å². The topological polar surface area (TPSA) is 74.8 Å². The van der Waals surface area contributed by atoms with E-state index in [0.717, 1.165) is 35.0 Å². The first kappa shape index (κ1) is 22.0. The summed E-state index contributed by atoms with van der Waals surface area (Å²) in [6.45, 7) is 11.4. The molecule has 2 aromatic rings. The molecule has 27 heavy (non-hydrogen) atoms. The molecule has 0 radical (unpaired) electrons. The Bertz CT molecular complexity index is 826. The lowest BCUT2D eigenvalue weighted by Gasteiger charge is -2.08. The summed E-state index contributed by atoms with van der Waals surface area (Å²) >= 11 is 3.07. The van der Waals surface area contributed by atoms with Crippen molar-refractivity contribution in [3.8, 4) is 0 Å². The Morgan fingerprint density at radius 1 is 1.33 bits per heavy atom. The molecule has 2 aromatic heterocycles. The molecular formula is C20H31N3O2S2. The first-order valence-corrected chi connectivity index (χ1v) is 11.6. The number of amides is 1. The number of fused-ring (bicyclic) bond motifs is 1. The lowest BCUT2D eigenvalue weighted by Crippen LogP contribution is -2.27. The minimum absolute atomic E-state index is 0.0342. The van der Waals surface area contributed by atoms with E-state index < -0.39 is 0 Å². The highest BCUT2D eigenvalue weighted by atomic mass is 32.2. The van der Waals surface area contributed by atoms with Crippen LogP contribution >= 0.6 is 23.1 Å². The second-order valence-electron chi connectivity index (χ2n) is 7.57. The molecule has 1 atom stereocenters. The smallest absolute Gasteiger partial charge is 0.259 e. The molecule has 2 heterocycles. The van der Waals surface area contributed by atoms with Gasteiger partial charge in [0.15, 0.2) is 0 Å². The first-order valence-electron chi connectivity index (χ1n) is 9.67. The number of thioether (sulfide) groups is 1. The normalized spacial score (nSPS) is 12.7. The number of carbonyl (C=O) groups is 1. The molecule has 0 aliphatic heterocycles. The number of aromatic amines is 1. The molecule has 0 aromatic carbocycles. The molecule has 0 aliphatic carbocycles. The molecule has 0 bridgehead atoms. The molecule has 7 heteroatoms. The minimum atomic E-state index is -0.0559. The van der Waals surface area contributed by atoms with Gasteiger partial charge >= 0.3 is 0 Å². The van der Waals surface area contributed by atoms with Gasteiger partial charge in [-0.05, 0) is 37.2 Å². The average molecular weight is 410 g/mol. The fraction of sp³-hybridized carbons (Fsp3) is 0.650. The molecule has 0 saturated heterocycles. The van der Waals surface area contributed by atoms with Crippen molar-refractivity contribution in [2.24, 2.45) is 11.8 Å². The fourth-order valence-electron chi connectivity index (χ4n) is 2.82. The number of hydrogen-bond acceptors (Lipinski definition) is 5. The molecular weight excluding hydrogens is 378 g/mol. The predicted octanol–water partition coefficient (Wildman–Crippen LogP) is 4.28. The van der Waals surface area contributed by atoms with Crippen LogP contribution in [0, 0.1) is 18.8 Å². The summed E-state index contributed by atoms with van der Waals surface area (Å²) in [7, 11) is 0. The Kier molecular flexibility index (Phi) is 8.35. The van der Waals surface area contributed by atoms with Crippen molar-refractivity contribution in [3.05, 3.63) is 26.6 Å². The first-order chi connectivity index (χ1) is 12.8. The molecule has 0 saturated carbocycles. The Hall–Kier alpha value is -1.34. The highest BCUT2D eigenvalue weighted by molar-refractivity contribution is 7.99. The third-order valence-electron chi connectivity index (χ3n) is 4.68. The van der Waals surface area contributed by atoms with Crippen molar-refractivity contribution in [2.75, 3.05) is 12.3 Å². The number of H-pyrrole nitrogens is 1. The molecule has 1 amide bonds. The highest BCUT2D eigenvalue weighted by Crippen LogP contribution is 2.29. The number of aryl methyl sites for hydroxylation is 1. The van der Waals surface area contributed by atoms with Crippen LogP contribution in [0.2, 0.25) is 0 Å². The van der Waals surface area contributed by atoms with Crippen molar-refractivity contribution in [3.63, 3.8) is 0 Å². The number of rotatable bonds is 10. The van der Waals surface area contributed by atoms with E-state index in [1.807, 2.05) is 0 Å². The number of nitrogens with zero attached hydrogens (tertiary/aromatic N) is 1. The molecule has 0 spiro atoms. The summed E-state index contributed by atoms with van der Waals surface area (Å²) in [6, 6.07) is 0. The zero-order chi connectivity index (χ0) is 20.0. The lowest BCUT2D eigenvalue weighted by molar-refractivity contribution is -0.118. The number of hydrogen-bond donors (Lipinski definition) is 2. The zero-order valence-corrected chi connectivity index (χ0v) is 18.6. The summed E-state index contributed by atoms with van der Waals surface area (Å²) < 4.78 is 0. The second-order valence-corrected chi connectivity index (χ2v) is 9.76. The van der Waals surface area contributed by atoms with E-state index in [4.69, 9.17) is 0 Å². The van der Waals surface area contributed by atoms with Crippen LogP contribution in [-0.4, -0.2) is 28.2 Å². The SMILES string of the molecule is CC[C@@H](C)Cc1c(C)sc2nc(CSCC(=O)NCCC(C)C)[nH]c(=O)c12. The second kappa shape index (κ2) is 10.3. The Labute approximate surface area is 169 Å². The number of aromatic nitrogens is 2. The summed E-state index contributed by atoms with van der Waals surface area (Å²) in [4.78, 5) is 34.0. The predicted molar refractivity (Wildman–Crippen MR) is 117 cm³/mol. The summed E-state index contributed by atoms with van der Waals surface area (Å²) in [5.74, 6) is 2.71. The van der Waals surface area contributed by atoms with Crippen molar-refractivity contribution in [1.29, 1.82) is 0 Å². The Morgan fingerprint density at radius 3 is 2.74 bits per heavy atom. The molecule has 150 valence electrons. The zero-order valence-electron chi connectivity index (χ0n) is 17.0. The Morgan fingerprint density at radius 2 is 2.07 bits per heavy atom. The van der Waals surface area contributed by atoms with Crippen molar-refractivity contribution in [1.82, 2.24) is 15.3 Å². The summed E-state index contributed by atoms with van der Waals surface area (Å²) in [6.07, 6.45) is 2.99. The number of thiophene rings is 1. The standard InChI is InChI=1S/C20H31N3O2S2/c1-6-13(4)9-15-14(5)27-20-18(15)19(25)22-16(23-20)10-26-11-17(24)21-8-7-12(2)3/h12-13H,6-11H2,1-5H3,(H,21,24)(H,22,23,25)/t13-/m1/s1. The van der Waals surface area contributed by atoms with Gasteiger partial charge < -0.3 is 10.3 Å². The molecule has 0 fully saturated rings. The molecule has 0 aliphatic rings. The van der Waals surface area contributed by atoms with Crippen LogP contribution < -0.4 is 10.9 Å². The lowest BCUT2D eigenvalue weighted by atomic mass is 9.98. The minimum Gasteiger partial charge on any atom is -0.355 e. The van der Waals surface area contributed by atoms with Gasteiger partial charge in [-0.15, -0.1) is 23.1 Å². The van der Waals surface area contributed by atoms with Crippen molar-refractivity contribution >= 4 is 39.2 Å². The van der Waals surface area contributed by atoms with Crippen molar-refractivity contribution in [2.45, 2.75) is 59.6 Å². The fourth-order valence-corrected chi connectivity index (χ4v) is 4.61. The highest BCUT2D eigenvalue weighted by Gasteiger charge is 2.17. The van der Waals surface area contributed by atoms with Crippen LogP contribution in [0.4, 0.5) is 0 Å². The number of carbonyl (C=O) groups excluding carboxylic acids is 1. The van der Waals surface area contributed by atoms with Gasteiger partial charge in [-0.2, -0.15) is 0 Å². The summed E-state index contributed by atoms with van der Waals surface area (Å²) in [5, 5.41) is 3.67. The van der Waals surface area contributed by atoms with Gasteiger partial charge in [0.25, 0.3) is 5.56 Å². The quantitative estimate of drug-likeness (QED) is 0.614. The largest absolute Gasteiger partial charge is 0.355 e. The van der Waals surface area contributed by atoms with E-state index in [0.29, 0.717) is 35.7 Å². The maximum atomic E-state index is 12.6. The van der Waals surface area contributed by atoms with Crippen molar-refractivity contribution < 1.29 is 4.79 Å². The van der Waals surface area contributed by atoms with Gasteiger partial charge in [0.2, 0.25) is 5.91 Å². The van der Waals surface area contributed by atoms with Crippen LogP contribution in [0.5, 0.6) is 0 Å². The van der Waals surface area contributed by atoms with E-state index in [2.05, 4.69) is 49.9 Å². The monoisotopic (exact) mass is 409 g/mol. The van der Waals surface area contributed by atoms with Gasteiger partial charge in [0.1, 0.15) is 10.7 Å². The van der Waals surface area contributed by atoms with E-state index in [-0.39, 0.29) is 11.5 Å². The maximum Gasteiger partial charge on any atom is 0.259 e. The van der Waals surface area contributed by atoms with Gasteiger partial charge in [-0.1, -0.05) is 34.1 Å².